The van der Waals surface area contributed by atoms with E-state index in [1.54, 1.807) is 26.0 Å². The molecule has 150 valence electrons. The van der Waals surface area contributed by atoms with Gasteiger partial charge in [-0.25, -0.2) is 0 Å². The second-order valence-electron chi connectivity index (χ2n) is 7.12. The summed E-state index contributed by atoms with van der Waals surface area (Å²) in [6.45, 7) is 3.60. The third-order valence-electron chi connectivity index (χ3n) is 5.35. The average molecular weight is 407 g/mol. The Hall–Kier alpha value is -2.45. The number of nitrogens with zero attached hydrogens (tertiary/aromatic N) is 3. The normalized spacial score (nSPS) is 24.9. The summed E-state index contributed by atoms with van der Waals surface area (Å²) >= 11 is 6.01. The van der Waals surface area contributed by atoms with Crippen molar-refractivity contribution in [3.63, 3.8) is 0 Å². The summed E-state index contributed by atoms with van der Waals surface area (Å²) in [5.74, 6) is -0.288. The minimum Gasteiger partial charge on any atom is -0.468 e. The summed E-state index contributed by atoms with van der Waals surface area (Å²) in [5.41, 5.74) is -0.0319. The second-order valence-corrected chi connectivity index (χ2v) is 7.55. The average Bonchev–Trinajstić information content (AvgIpc) is 3.22. The molecule has 1 aromatic carbocycles. The van der Waals surface area contributed by atoms with Crippen LogP contribution in [0.5, 0.6) is 0 Å². The molecule has 9 heteroatoms. The van der Waals surface area contributed by atoms with Gasteiger partial charge in [0.05, 0.1) is 19.6 Å². The van der Waals surface area contributed by atoms with E-state index in [1.807, 2.05) is 24.1 Å². The number of likely N-dealkylation sites (N-methyl/N-ethyl adjacent to an activating group) is 1. The molecular formula is C19H23ClN4O4. The highest BCUT2D eigenvalue weighted by Crippen LogP contribution is 2.46. The van der Waals surface area contributed by atoms with Crippen molar-refractivity contribution in [1.82, 2.24) is 20.4 Å². The highest BCUT2D eigenvalue weighted by molar-refractivity contribution is 6.30. The van der Waals surface area contributed by atoms with Crippen molar-refractivity contribution >= 4 is 23.5 Å². The fraction of sp³-hybridized carbons (Fsp3) is 0.474. The largest absolute Gasteiger partial charge is 0.468 e. The molecule has 1 aliphatic heterocycles. The smallest absolute Gasteiger partial charge is 0.326 e. The number of nitrogens with one attached hydrogen (secondary N) is 1. The summed E-state index contributed by atoms with van der Waals surface area (Å²) in [6.07, 6.45) is 0.318. The topological polar surface area (TPSA) is 97.6 Å². The van der Waals surface area contributed by atoms with Crippen LogP contribution in [0.1, 0.15) is 36.7 Å². The lowest BCUT2D eigenvalue weighted by atomic mass is 9.89. The van der Waals surface area contributed by atoms with Gasteiger partial charge in [0.25, 0.3) is 0 Å². The predicted molar refractivity (Wildman–Crippen MR) is 101 cm³/mol. The number of carbonyl (C=O) groups is 2. The van der Waals surface area contributed by atoms with Gasteiger partial charge in [0.1, 0.15) is 5.54 Å². The second kappa shape index (κ2) is 7.89. The first-order valence-corrected chi connectivity index (χ1v) is 9.27. The van der Waals surface area contributed by atoms with E-state index < -0.39 is 11.5 Å². The first-order chi connectivity index (χ1) is 13.3. The number of carbonyl (C=O) groups excluding carboxylic acids is 2. The van der Waals surface area contributed by atoms with Gasteiger partial charge >= 0.3 is 5.97 Å². The van der Waals surface area contributed by atoms with Crippen LogP contribution in [0.25, 0.3) is 0 Å². The lowest BCUT2D eigenvalue weighted by Gasteiger charge is -2.33. The lowest BCUT2D eigenvalue weighted by Crippen LogP contribution is -2.47. The van der Waals surface area contributed by atoms with Crippen LogP contribution in [0.3, 0.4) is 0 Å². The number of aromatic nitrogens is 2. The van der Waals surface area contributed by atoms with Crippen molar-refractivity contribution in [3.8, 4) is 0 Å². The van der Waals surface area contributed by atoms with Gasteiger partial charge in [-0.2, -0.15) is 0 Å². The number of halogens is 1. The van der Waals surface area contributed by atoms with Crippen molar-refractivity contribution in [2.45, 2.75) is 38.4 Å². The summed E-state index contributed by atoms with van der Waals surface area (Å²) in [5, 5.41) is 11.1. The molecule has 2 aromatic rings. The SMILES string of the molecule is COC(=O)C1(C)CC(C(=O)NCc2nnc(C)o2)C(c2ccc(Cl)cc2)N1C. The van der Waals surface area contributed by atoms with Crippen molar-refractivity contribution in [2.24, 2.45) is 5.92 Å². The number of rotatable bonds is 5. The molecular weight excluding hydrogens is 384 g/mol. The fourth-order valence-electron chi connectivity index (χ4n) is 3.76. The highest BCUT2D eigenvalue weighted by Gasteiger charge is 2.54. The predicted octanol–water partition coefficient (Wildman–Crippen LogP) is 2.27. The maximum Gasteiger partial charge on any atom is 0.326 e. The molecule has 0 radical (unpaired) electrons. The summed E-state index contributed by atoms with van der Waals surface area (Å²) in [6, 6.07) is 6.97. The molecule has 28 heavy (non-hydrogen) atoms. The van der Waals surface area contributed by atoms with Crippen LogP contribution in [0.4, 0.5) is 0 Å². The number of likely N-dealkylation sites (tertiary alicyclic amines) is 1. The van der Waals surface area contributed by atoms with Crippen LogP contribution in [-0.2, 0) is 20.9 Å². The molecule has 1 N–H and O–H groups in total. The zero-order valence-corrected chi connectivity index (χ0v) is 17.0. The standard InChI is InChI=1S/C19H23ClN4O4/c1-11-22-23-15(28-11)10-21-17(25)14-9-19(2,18(26)27-4)24(3)16(14)12-5-7-13(20)8-6-12/h5-8,14,16H,9-10H2,1-4H3,(H,21,25). The molecule has 1 amide bonds. The van der Waals surface area contributed by atoms with Gasteiger partial charge in [-0.3, -0.25) is 14.5 Å². The summed E-state index contributed by atoms with van der Waals surface area (Å²) in [4.78, 5) is 27.4. The molecule has 1 saturated heterocycles. The first kappa shape index (κ1) is 20.3. The van der Waals surface area contributed by atoms with Crippen LogP contribution >= 0.6 is 11.6 Å². The van der Waals surface area contributed by atoms with E-state index >= 15 is 0 Å². The quantitative estimate of drug-likeness (QED) is 0.760. The van der Waals surface area contributed by atoms with Gasteiger partial charge in [0, 0.05) is 18.0 Å². The van der Waals surface area contributed by atoms with E-state index in [-0.39, 0.29) is 24.5 Å². The highest BCUT2D eigenvalue weighted by atomic mass is 35.5. The van der Waals surface area contributed by atoms with Crippen molar-refractivity contribution < 1.29 is 18.7 Å². The molecule has 8 nitrogen and oxygen atoms in total. The number of amides is 1. The third-order valence-corrected chi connectivity index (χ3v) is 5.60. The molecule has 0 spiro atoms. The molecule has 1 fully saturated rings. The van der Waals surface area contributed by atoms with Gasteiger partial charge in [0.15, 0.2) is 0 Å². The van der Waals surface area contributed by atoms with E-state index in [0.717, 1.165) is 5.56 Å². The molecule has 3 unspecified atom stereocenters. The van der Waals surface area contributed by atoms with Gasteiger partial charge in [-0.1, -0.05) is 23.7 Å². The van der Waals surface area contributed by atoms with E-state index in [2.05, 4.69) is 15.5 Å². The maximum absolute atomic E-state index is 13.0. The number of benzene rings is 1. The number of aryl methyl sites for hydroxylation is 1. The molecule has 0 bridgehead atoms. The number of esters is 1. The maximum atomic E-state index is 13.0. The lowest BCUT2D eigenvalue weighted by molar-refractivity contribution is -0.152. The molecule has 0 aliphatic carbocycles. The Morgan fingerprint density at radius 2 is 2.04 bits per heavy atom. The Balaban J connectivity index is 1.87. The molecule has 0 saturated carbocycles. The number of hydrogen-bond donors (Lipinski definition) is 1. The Bertz CT molecular complexity index is 869. The molecule has 2 heterocycles. The van der Waals surface area contributed by atoms with Gasteiger partial charge in [0.2, 0.25) is 17.7 Å². The van der Waals surface area contributed by atoms with Crippen molar-refractivity contribution in [3.05, 3.63) is 46.6 Å². The Labute approximate surface area is 168 Å². The van der Waals surface area contributed by atoms with Crippen LogP contribution in [-0.4, -0.2) is 46.7 Å². The summed E-state index contributed by atoms with van der Waals surface area (Å²) < 4.78 is 10.3. The van der Waals surface area contributed by atoms with E-state index in [1.165, 1.54) is 7.11 Å². The molecule has 1 aromatic heterocycles. The van der Waals surface area contributed by atoms with E-state index in [4.69, 9.17) is 20.8 Å². The minimum atomic E-state index is -0.928. The Morgan fingerprint density at radius 1 is 1.36 bits per heavy atom. The zero-order valence-electron chi connectivity index (χ0n) is 16.2. The zero-order chi connectivity index (χ0) is 20.5. The van der Waals surface area contributed by atoms with Gasteiger partial charge in [-0.15, -0.1) is 10.2 Å². The Morgan fingerprint density at radius 3 is 2.61 bits per heavy atom. The van der Waals surface area contributed by atoms with Crippen molar-refractivity contribution in [1.29, 1.82) is 0 Å². The van der Waals surface area contributed by atoms with Crippen molar-refractivity contribution in [2.75, 3.05) is 14.2 Å². The van der Waals surface area contributed by atoms with E-state index in [0.29, 0.717) is 23.2 Å². The van der Waals surface area contributed by atoms with Gasteiger partial charge in [-0.05, 0) is 38.1 Å². The van der Waals surface area contributed by atoms with Crippen LogP contribution in [0.15, 0.2) is 28.7 Å². The number of ether oxygens (including phenoxy) is 1. The monoisotopic (exact) mass is 406 g/mol. The van der Waals surface area contributed by atoms with Gasteiger partial charge < -0.3 is 14.5 Å². The summed E-state index contributed by atoms with van der Waals surface area (Å²) in [7, 11) is 3.18. The first-order valence-electron chi connectivity index (χ1n) is 8.90. The van der Waals surface area contributed by atoms with Crippen LogP contribution < -0.4 is 5.32 Å². The molecule has 3 atom stereocenters. The molecule has 3 rings (SSSR count). The molecule has 1 aliphatic rings. The third kappa shape index (κ3) is 3.74. The fourth-order valence-corrected chi connectivity index (χ4v) is 3.89. The Kier molecular flexibility index (Phi) is 5.71. The number of hydrogen-bond acceptors (Lipinski definition) is 7. The van der Waals surface area contributed by atoms with Crippen LogP contribution in [0, 0.1) is 12.8 Å². The minimum absolute atomic E-state index is 0.127. The van der Waals surface area contributed by atoms with Crippen LogP contribution in [0.2, 0.25) is 5.02 Å². The van der Waals surface area contributed by atoms with E-state index in [9.17, 15) is 9.59 Å². The number of methoxy groups -OCH3 is 1.